The number of guanidine groups is 1. The van der Waals surface area contributed by atoms with Crippen molar-refractivity contribution in [1.29, 1.82) is 0 Å². The first kappa shape index (κ1) is 21.7. The fourth-order valence-electron chi connectivity index (χ4n) is 2.26. The first-order valence-electron chi connectivity index (χ1n) is 8.03. The number of carbonyl (C=O) groups is 1. The summed E-state index contributed by atoms with van der Waals surface area (Å²) in [5.74, 6) is 0.575. The van der Waals surface area contributed by atoms with E-state index in [2.05, 4.69) is 20.7 Å². The average Bonchev–Trinajstić information content (AvgIpc) is 2.98. The van der Waals surface area contributed by atoms with E-state index in [-0.39, 0.29) is 42.2 Å². The van der Waals surface area contributed by atoms with Crippen molar-refractivity contribution in [3.05, 3.63) is 42.2 Å². The SMILES string of the molecule is CCNC(=NCC(=O)Nc1ccc(O)cc1)N(C)Cc1cnn(C)c1.I. The third kappa shape index (κ3) is 6.90. The molecule has 0 saturated carbocycles. The molecule has 0 fully saturated rings. The molecule has 1 aromatic heterocycles. The lowest BCUT2D eigenvalue weighted by molar-refractivity contribution is -0.114. The molecule has 8 nitrogen and oxygen atoms in total. The molecule has 3 N–H and O–H groups in total. The summed E-state index contributed by atoms with van der Waals surface area (Å²) in [6.45, 7) is 3.32. The number of rotatable bonds is 6. The molecule has 0 radical (unpaired) electrons. The molecule has 142 valence electrons. The smallest absolute Gasteiger partial charge is 0.246 e. The molecule has 9 heteroatoms. The maximum Gasteiger partial charge on any atom is 0.246 e. The van der Waals surface area contributed by atoms with E-state index in [0.29, 0.717) is 24.7 Å². The van der Waals surface area contributed by atoms with E-state index in [9.17, 15) is 9.90 Å². The number of nitrogens with zero attached hydrogens (tertiary/aromatic N) is 4. The summed E-state index contributed by atoms with van der Waals surface area (Å²) in [7, 11) is 3.78. The molecule has 0 unspecified atom stereocenters. The lowest BCUT2D eigenvalue weighted by Gasteiger charge is -2.21. The summed E-state index contributed by atoms with van der Waals surface area (Å²) in [5, 5.41) is 19.3. The van der Waals surface area contributed by atoms with Crippen molar-refractivity contribution >= 4 is 41.5 Å². The molecule has 1 heterocycles. The summed E-state index contributed by atoms with van der Waals surface area (Å²) < 4.78 is 1.75. The second-order valence-electron chi connectivity index (χ2n) is 5.64. The first-order valence-corrected chi connectivity index (χ1v) is 8.03. The van der Waals surface area contributed by atoms with Gasteiger partial charge in [-0.3, -0.25) is 9.48 Å². The standard InChI is InChI=1S/C17H24N6O2.HI/c1-4-18-17(22(2)11-13-9-20-23(3)12-13)19-10-16(25)21-14-5-7-15(24)8-6-14;/h5-9,12,24H,4,10-11H2,1-3H3,(H,18,19)(H,21,25);1H. The van der Waals surface area contributed by atoms with Crippen LogP contribution < -0.4 is 10.6 Å². The number of hydrogen-bond donors (Lipinski definition) is 3. The zero-order chi connectivity index (χ0) is 18.2. The fraction of sp³-hybridized carbons (Fsp3) is 0.353. The van der Waals surface area contributed by atoms with E-state index in [0.717, 1.165) is 5.56 Å². The highest BCUT2D eigenvalue weighted by molar-refractivity contribution is 14.0. The van der Waals surface area contributed by atoms with Gasteiger partial charge in [-0.15, -0.1) is 24.0 Å². The normalized spacial score (nSPS) is 10.8. The van der Waals surface area contributed by atoms with Crippen LogP contribution in [0, 0.1) is 0 Å². The first-order chi connectivity index (χ1) is 12.0. The third-order valence-electron chi connectivity index (χ3n) is 3.40. The van der Waals surface area contributed by atoms with Crippen molar-refractivity contribution in [2.75, 3.05) is 25.5 Å². The van der Waals surface area contributed by atoms with Gasteiger partial charge in [-0.2, -0.15) is 5.10 Å². The van der Waals surface area contributed by atoms with E-state index in [1.165, 1.54) is 12.1 Å². The second-order valence-corrected chi connectivity index (χ2v) is 5.64. The van der Waals surface area contributed by atoms with Crippen LogP contribution in [0.2, 0.25) is 0 Å². The molecule has 0 aliphatic carbocycles. The van der Waals surface area contributed by atoms with Crippen LogP contribution in [0.1, 0.15) is 12.5 Å². The topological polar surface area (TPSA) is 94.8 Å². The number of aromatic nitrogens is 2. The predicted molar refractivity (Wildman–Crippen MR) is 113 cm³/mol. The van der Waals surface area contributed by atoms with Gasteiger partial charge < -0.3 is 20.6 Å². The van der Waals surface area contributed by atoms with Crippen LogP contribution in [0.3, 0.4) is 0 Å². The number of halogens is 1. The lowest BCUT2D eigenvalue weighted by Crippen LogP contribution is -2.39. The van der Waals surface area contributed by atoms with Gasteiger partial charge in [-0.25, -0.2) is 4.99 Å². The Labute approximate surface area is 170 Å². The summed E-state index contributed by atoms with van der Waals surface area (Å²) in [4.78, 5) is 18.4. The number of carbonyl (C=O) groups excluding carboxylic acids is 1. The molecule has 2 rings (SSSR count). The highest BCUT2D eigenvalue weighted by atomic mass is 127. The van der Waals surface area contributed by atoms with Gasteiger partial charge in [0.2, 0.25) is 5.91 Å². The summed E-state index contributed by atoms with van der Waals surface area (Å²) in [6.07, 6.45) is 3.75. The quantitative estimate of drug-likeness (QED) is 0.258. The van der Waals surface area contributed by atoms with E-state index >= 15 is 0 Å². The highest BCUT2D eigenvalue weighted by Gasteiger charge is 2.09. The van der Waals surface area contributed by atoms with E-state index in [4.69, 9.17) is 0 Å². The number of amides is 1. The van der Waals surface area contributed by atoms with E-state index < -0.39 is 0 Å². The van der Waals surface area contributed by atoms with E-state index in [1.807, 2.05) is 32.1 Å². The largest absolute Gasteiger partial charge is 0.508 e. The Hall–Kier alpha value is -2.30. The number of aliphatic imine (C=N–C) groups is 1. The van der Waals surface area contributed by atoms with Gasteiger partial charge in [0, 0.05) is 44.6 Å². The fourth-order valence-corrected chi connectivity index (χ4v) is 2.26. The molecule has 0 spiro atoms. The van der Waals surface area contributed by atoms with Gasteiger partial charge in [0.1, 0.15) is 12.3 Å². The molecule has 2 aromatic rings. The monoisotopic (exact) mass is 472 g/mol. The molecular formula is C17H25IN6O2. The van der Waals surface area contributed by atoms with Crippen LogP contribution in [0.15, 0.2) is 41.7 Å². The number of phenols is 1. The van der Waals surface area contributed by atoms with Crippen molar-refractivity contribution in [2.45, 2.75) is 13.5 Å². The Balaban J connectivity index is 0.00000338. The molecule has 0 atom stereocenters. The minimum absolute atomic E-state index is 0. The molecule has 0 bridgehead atoms. The van der Waals surface area contributed by atoms with Crippen LogP contribution in [0.5, 0.6) is 5.75 Å². The van der Waals surface area contributed by atoms with Crippen LogP contribution >= 0.6 is 24.0 Å². The molecular weight excluding hydrogens is 447 g/mol. The summed E-state index contributed by atoms with van der Waals surface area (Å²) >= 11 is 0. The van der Waals surface area contributed by atoms with Crippen LogP contribution in [0.4, 0.5) is 5.69 Å². The Morgan fingerprint density at radius 1 is 1.35 bits per heavy atom. The Morgan fingerprint density at radius 2 is 2.04 bits per heavy atom. The molecule has 0 saturated heterocycles. The number of hydrogen-bond acceptors (Lipinski definition) is 4. The van der Waals surface area contributed by atoms with Crippen LogP contribution in [0.25, 0.3) is 0 Å². The number of anilines is 1. The average molecular weight is 472 g/mol. The molecule has 26 heavy (non-hydrogen) atoms. The Kier molecular flexibility index (Phi) is 8.90. The lowest BCUT2D eigenvalue weighted by atomic mass is 10.3. The molecule has 0 aliphatic rings. The maximum absolute atomic E-state index is 12.1. The van der Waals surface area contributed by atoms with Gasteiger partial charge in [0.25, 0.3) is 0 Å². The van der Waals surface area contributed by atoms with Crippen LogP contribution in [-0.2, 0) is 18.4 Å². The van der Waals surface area contributed by atoms with Gasteiger partial charge >= 0.3 is 0 Å². The van der Waals surface area contributed by atoms with Gasteiger partial charge in [0.15, 0.2) is 5.96 Å². The van der Waals surface area contributed by atoms with Gasteiger partial charge in [-0.1, -0.05) is 0 Å². The van der Waals surface area contributed by atoms with Crippen molar-refractivity contribution < 1.29 is 9.90 Å². The number of benzene rings is 1. The zero-order valence-corrected chi connectivity index (χ0v) is 17.5. The molecule has 1 aromatic carbocycles. The minimum atomic E-state index is -0.226. The summed E-state index contributed by atoms with van der Waals surface area (Å²) in [6, 6.07) is 6.31. The Morgan fingerprint density at radius 3 is 2.62 bits per heavy atom. The van der Waals surface area contributed by atoms with Crippen molar-refractivity contribution in [1.82, 2.24) is 20.0 Å². The van der Waals surface area contributed by atoms with Crippen LogP contribution in [-0.4, -0.2) is 51.8 Å². The highest BCUT2D eigenvalue weighted by Crippen LogP contribution is 2.13. The predicted octanol–water partition coefficient (Wildman–Crippen LogP) is 1.78. The third-order valence-corrected chi connectivity index (χ3v) is 3.40. The number of phenolic OH excluding ortho intramolecular Hbond substituents is 1. The molecule has 1 amide bonds. The second kappa shape index (κ2) is 10.6. The maximum atomic E-state index is 12.1. The van der Waals surface area contributed by atoms with E-state index in [1.54, 1.807) is 23.0 Å². The van der Waals surface area contributed by atoms with Crippen molar-refractivity contribution in [2.24, 2.45) is 12.0 Å². The minimum Gasteiger partial charge on any atom is -0.508 e. The zero-order valence-electron chi connectivity index (χ0n) is 15.1. The van der Waals surface area contributed by atoms with Crippen molar-refractivity contribution in [3.63, 3.8) is 0 Å². The molecule has 0 aliphatic heterocycles. The summed E-state index contributed by atoms with van der Waals surface area (Å²) in [5.41, 5.74) is 1.68. The number of nitrogens with one attached hydrogen (secondary N) is 2. The van der Waals surface area contributed by atoms with Gasteiger partial charge in [0.05, 0.1) is 6.20 Å². The van der Waals surface area contributed by atoms with Crippen molar-refractivity contribution in [3.8, 4) is 5.75 Å². The van der Waals surface area contributed by atoms with Gasteiger partial charge in [-0.05, 0) is 31.2 Å². The number of aryl methyl sites for hydroxylation is 1. The number of aromatic hydroxyl groups is 1. The Bertz CT molecular complexity index is 729.